The van der Waals surface area contributed by atoms with Crippen LogP contribution < -0.4 is 40.8 Å². The fourth-order valence-electron chi connectivity index (χ4n) is 10.3. The molecule has 1 atom stereocenters. The van der Waals surface area contributed by atoms with Gasteiger partial charge in [0.1, 0.15) is 40.4 Å². The Morgan fingerprint density at radius 1 is 0.985 bits per heavy atom. The predicted octanol–water partition coefficient (Wildman–Crippen LogP) is 1.98. The Labute approximate surface area is 397 Å². The fraction of sp³-hybridized carbons (Fsp3) is 0.500. The van der Waals surface area contributed by atoms with Gasteiger partial charge in [-0.2, -0.15) is 4.98 Å². The minimum absolute atomic E-state index is 0.0901. The van der Waals surface area contributed by atoms with E-state index in [0.29, 0.717) is 40.2 Å². The third-order valence-electron chi connectivity index (χ3n) is 13.7. The second kappa shape index (κ2) is 18.4. The highest BCUT2D eigenvalue weighted by atomic mass is 35.5. The lowest BCUT2D eigenvalue weighted by Gasteiger charge is -2.55. The number of likely N-dealkylation sites (N-methyl/N-ethyl adjacent to an activating group) is 1. The number of halogens is 1. The van der Waals surface area contributed by atoms with E-state index in [2.05, 4.69) is 30.7 Å². The molecule has 1 saturated carbocycles. The Morgan fingerprint density at radius 3 is 2.40 bits per heavy atom. The first-order valence-corrected chi connectivity index (χ1v) is 23.8. The van der Waals surface area contributed by atoms with E-state index in [1.807, 2.05) is 67.7 Å². The molecular formula is C46H57B3ClN9O8. The van der Waals surface area contributed by atoms with Gasteiger partial charge in [-0.1, -0.05) is 11.6 Å². The number of nitrogens with one attached hydrogen (secondary N) is 3. The molecule has 3 saturated heterocycles. The highest BCUT2D eigenvalue weighted by Crippen LogP contribution is 2.50. The number of anilines is 4. The summed E-state index contributed by atoms with van der Waals surface area (Å²) in [5.74, 6) is 0.566. The van der Waals surface area contributed by atoms with Gasteiger partial charge in [0.25, 0.3) is 17.4 Å². The Kier molecular flexibility index (Phi) is 12.7. The molecule has 4 aliphatic heterocycles. The van der Waals surface area contributed by atoms with Crippen LogP contribution in [0.25, 0.3) is 10.9 Å². The number of hydrogen-bond donors (Lipinski definition) is 3. The number of nitrogens with zero attached hydrogens (tertiary/aromatic N) is 6. The van der Waals surface area contributed by atoms with E-state index in [-0.39, 0.29) is 72.3 Å². The average molecular weight is 932 g/mol. The van der Waals surface area contributed by atoms with Gasteiger partial charge in [0, 0.05) is 78.6 Å². The molecule has 9 rings (SSSR count). The number of piperidine rings is 2. The second-order valence-electron chi connectivity index (χ2n) is 19.9. The summed E-state index contributed by atoms with van der Waals surface area (Å²) in [5.41, 5.74) is 3.66. The van der Waals surface area contributed by atoms with Gasteiger partial charge in [0.05, 0.1) is 36.2 Å². The molecule has 1 aliphatic carbocycles. The summed E-state index contributed by atoms with van der Waals surface area (Å²) < 4.78 is 20.7. The number of imide groups is 1. The highest BCUT2D eigenvalue weighted by Gasteiger charge is 2.48. The van der Waals surface area contributed by atoms with E-state index in [4.69, 9.17) is 30.8 Å². The van der Waals surface area contributed by atoms with Crippen LogP contribution in [0.3, 0.4) is 0 Å². The van der Waals surface area contributed by atoms with Crippen LogP contribution in [-0.4, -0.2) is 130 Å². The van der Waals surface area contributed by atoms with Crippen LogP contribution in [0.4, 0.5) is 23.1 Å². The van der Waals surface area contributed by atoms with E-state index in [9.17, 15) is 24.0 Å². The standard InChI is InChI=1S/C46H57B3ClN9O8/c1-25(2)59-33-6-4-27(18-26(33)19-36(43(59)64)65-22-38(61)51-3)53-40-32(50)20-52-44(55-40)56-16-12-29(13-17-56)66-28-10-14-45(15-11-28)23-57(24-45)34-7-5-30-31(39(34)67-46(47,48)49)21-58(42(30)63)35-8-9-37(60)54-41(35)62/h4-7,18-20,25,28-29,35H,8-17,21-24,47-49H2,1-3H3,(H,51,61)(H,52,53,55)(H,54,60,62). The zero-order chi connectivity index (χ0) is 47.4. The normalized spacial score (nSPS) is 20.0. The number of rotatable bonds is 13. The van der Waals surface area contributed by atoms with E-state index >= 15 is 0 Å². The van der Waals surface area contributed by atoms with Crippen LogP contribution >= 0.6 is 11.6 Å². The Balaban J connectivity index is 0.788. The molecule has 21 heteroatoms. The molecule has 1 spiro atoms. The van der Waals surface area contributed by atoms with Crippen LogP contribution in [0.15, 0.2) is 47.4 Å². The van der Waals surface area contributed by atoms with Crippen molar-refractivity contribution in [3.63, 3.8) is 0 Å². The monoisotopic (exact) mass is 931 g/mol. The third kappa shape index (κ3) is 9.56. The summed E-state index contributed by atoms with van der Waals surface area (Å²) in [6.45, 7) is 7.14. The topological polar surface area (TPSA) is 190 Å². The third-order valence-corrected chi connectivity index (χ3v) is 14.0. The van der Waals surface area contributed by atoms with Crippen molar-refractivity contribution in [1.82, 2.24) is 30.1 Å². The van der Waals surface area contributed by atoms with Crippen molar-refractivity contribution in [3.05, 3.63) is 69.1 Å². The summed E-state index contributed by atoms with van der Waals surface area (Å²) in [6, 6.07) is 10.3. The van der Waals surface area contributed by atoms with Gasteiger partial charge in [0.15, 0.2) is 18.2 Å². The Hall–Kier alpha value is -5.75. The van der Waals surface area contributed by atoms with Crippen LogP contribution in [0.1, 0.15) is 87.2 Å². The van der Waals surface area contributed by atoms with Gasteiger partial charge in [-0.15, -0.1) is 0 Å². The maximum absolute atomic E-state index is 13.6. The van der Waals surface area contributed by atoms with E-state index < -0.39 is 17.2 Å². The lowest BCUT2D eigenvalue weighted by atomic mass is 9.52. The molecular weight excluding hydrogens is 874 g/mol. The fourth-order valence-corrected chi connectivity index (χ4v) is 10.4. The maximum atomic E-state index is 13.6. The minimum atomic E-state index is -0.685. The first-order chi connectivity index (χ1) is 32.0. The van der Waals surface area contributed by atoms with Crippen molar-refractivity contribution < 1.29 is 33.4 Å². The molecule has 0 bridgehead atoms. The molecule has 2 aromatic carbocycles. The van der Waals surface area contributed by atoms with Crippen LogP contribution in [0.2, 0.25) is 5.02 Å². The number of fused-ring (bicyclic) bond motifs is 2. The zero-order valence-corrected chi connectivity index (χ0v) is 39.8. The molecule has 4 aromatic rings. The number of benzene rings is 2. The molecule has 4 fully saturated rings. The summed E-state index contributed by atoms with van der Waals surface area (Å²) in [6.07, 6.45) is 8.35. The van der Waals surface area contributed by atoms with Crippen molar-refractivity contribution in [1.29, 1.82) is 0 Å². The maximum Gasteiger partial charge on any atom is 0.293 e. The van der Waals surface area contributed by atoms with Crippen molar-refractivity contribution in [3.8, 4) is 11.5 Å². The van der Waals surface area contributed by atoms with Crippen LogP contribution in [0, 0.1) is 5.41 Å². The summed E-state index contributed by atoms with van der Waals surface area (Å²) >= 11 is 6.63. The number of aromatic nitrogens is 3. The first kappa shape index (κ1) is 46.4. The van der Waals surface area contributed by atoms with Crippen molar-refractivity contribution in [2.75, 3.05) is 55.0 Å². The molecule has 4 amide bonds. The van der Waals surface area contributed by atoms with Gasteiger partial charge in [0.2, 0.25) is 17.8 Å². The zero-order valence-electron chi connectivity index (χ0n) is 39.1. The molecule has 350 valence electrons. The largest absolute Gasteiger partial charge is 0.511 e. The average Bonchev–Trinajstić information content (AvgIpc) is 3.61. The summed E-state index contributed by atoms with van der Waals surface area (Å²) in [5, 5.41) is 8.86. The first-order valence-electron chi connectivity index (χ1n) is 23.5. The van der Waals surface area contributed by atoms with E-state index in [1.54, 1.807) is 21.7 Å². The number of carbonyl (C=O) groups is 4. The minimum Gasteiger partial charge on any atom is -0.511 e. The SMILES string of the molecule is BC(B)(B)Oc1c(N2CC3(CCC(OC4CCN(c5ncc(Cl)c(Nc6ccc7c(c6)cc(OCC(=O)NC)c(=O)n7C(C)C)n5)CC4)CC3)C2)ccc2c1CN(C1CCC(=O)NC1=O)C2=O. The summed E-state index contributed by atoms with van der Waals surface area (Å²) in [7, 11) is 7.52. The molecule has 6 heterocycles. The van der Waals surface area contributed by atoms with Crippen molar-refractivity contribution in [2.24, 2.45) is 5.41 Å². The second-order valence-corrected chi connectivity index (χ2v) is 20.3. The van der Waals surface area contributed by atoms with Gasteiger partial charge in [-0.25, -0.2) is 4.98 Å². The molecule has 3 N–H and O–H groups in total. The lowest BCUT2D eigenvalue weighted by Crippen LogP contribution is -2.58. The van der Waals surface area contributed by atoms with Crippen LogP contribution in [-0.2, 0) is 25.7 Å². The predicted molar refractivity (Wildman–Crippen MR) is 263 cm³/mol. The lowest BCUT2D eigenvalue weighted by molar-refractivity contribution is -0.137. The van der Waals surface area contributed by atoms with Crippen molar-refractivity contribution >= 4 is 92.8 Å². The van der Waals surface area contributed by atoms with E-state index in [1.165, 1.54) is 7.05 Å². The molecule has 2 aromatic heterocycles. The number of carbonyl (C=O) groups excluding carboxylic acids is 4. The smallest absolute Gasteiger partial charge is 0.293 e. The number of amides is 4. The van der Waals surface area contributed by atoms with Gasteiger partial charge >= 0.3 is 0 Å². The number of hydrogen-bond acceptors (Lipinski definition) is 13. The Morgan fingerprint density at radius 2 is 1.72 bits per heavy atom. The number of ether oxygens (including phenoxy) is 3. The van der Waals surface area contributed by atoms with Crippen LogP contribution in [0.5, 0.6) is 11.5 Å². The van der Waals surface area contributed by atoms with Gasteiger partial charge < -0.3 is 44.1 Å². The molecule has 17 nitrogen and oxygen atoms in total. The Bertz CT molecular complexity index is 2680. The molecule has 5 aliphatic rings. The van der Waals surface area contributed by atoms with Crippen molar-refractivity contribution in [2.45, 2.75) is 101 Å². The summed E-state index contributed by atoms with van der Waals surface area (Å²) in [4.78, 5) is 78.9. The van der Waals surface area contributed by atoms with Gasteiger partial charge in [-0.05, 0) is 95.2 Å². The molecule has 0 radical (unpaired) electrons. The molecule has 67 heavy (non-hydrogen) atoms. The number of pyridine rings is 1. The van der Waals surface area contributed by atoms with E-state index in [0.717, 1.165) is 86.9 Å². The quantitative estimate of drug-likeness (QED) is 0.131. The highest BCUT2D eigenvalue weighted by molar-refractivity contribution is 6.58. The van der Waals surface area contributed by atoms with Gasteiger partial charge in [-0.3, -0.25) is 29.3 Å². The molecule has 1 unspecified atom stereocenters.